The van der Waals surface area contributed by atoms with Crippen LogP contribution < -0.4 is 5.32 Å². The fraction of sp³-hybridized carbons (Fsp3) is 0.300. The molecule has 0 saturated carbocycles. The molecule has 2 aromatic rings. The molecule has 1 N–H and O–H groups in total. The van der Waals surface area contributed by atoms with Gasteiger partial charge in [0.15, 0.2) is 0 Å². The molecule has 0 spiro atoms. The molecular weight excluding hydrogens is 364 g/mol. The molecule has 7 heteroatoms. The molecular formula is C20H22N2O4S. The zero-order valence-corrected chi connectivity index (χ0v) is 16.1. The van der Waals surface area contributed by atoms with Crippen molar-refractivity contribution in [1.82, 2.24) is 9.62 Å². The summed E-state index contributed by atoms with van der Waals surface area (Å²) in [5.41, 5.74) is 2.89. The maximum Gasteiger partial charge on any atom is 0.268 e. The first-order valence-corrected chi connectivity index (χ1v) is 10.4. The Balaban J connectivity index is 1.72. The van der Waals surface area contributed by atoms with Crippen LogP contribution in [0.4, 0.5) is 0 Å². The molecule has 1 aliphatic rings. The van der Waals surface area contributed by atoms with Gasteiger partial charge < -0.3 is 5.32 Å². The van der Waals surface area contributed by atoms with Crippen molar-refractivity contribution in [2.75, 3.05) is 6.54 Å². The molecule has 0 bridgehead atoms. The fourth-order valence-corrected chi connectivity index (χ4v) is 4.57. The Hall–Kier alpha value is -2.67. The van der Waals surface area contributed by atoms with Crippen molar-refractivity contribution in [2.45, 2.75) is 32.1 Å². The van der Waals surface area contributed by atoms with Crippen LogP contribution in [-0.2, 0) is 27.0 Å². The Morgan fingerprint density at radius 2 is 1.81 bits per heavy atom. The van der Waals surface area contributed by atoms with Gasteiger partial charge in [0.2, 0.25) is 15.9 Å². The first-order valence-electron chi connectivity index (χ1n) is 8.82. The van der Waals surface area contributed by atoms with Crippen molar-refractivity contribution in [1.29, 1.82) is 0 Å². The number of aryl methyl sites for hydroxylation is 1. The third-order valence-corrected chi connectivity index (χ3v) is 6.34. The largest absolute Gasteiger partial charge is 0.348 e. The van der Waals surface area contributed by atoms with Gasteiger partial charge in [0.25, 0.3) is 5.91 Å². The topological polar surface area (TPSA) is 83.6 Å². The van der Waals surface area contributed by atoms with E-state index in [0.717, 1.165) is 12.0 Å². The number of carbonyl (C=O) groups is 2. The number of carbonyl (C=O) groups excluding carboxylic acids is 2. The Morgan fingerprint density at radius 1 is 1.15 bits per heavy atom. The monoisotopic (exact) mass is 386 g/mol. The highest BCUT2D eigenvalue weighted by molar-refractivity contribution is 7.89. The van der Waals surface area contributed by atoms with Gasteiger partial charge >= 0.3 is 0 Å². The Morgan fingerprint density at radius 3 is 2.48 bits per heavy atom. The average Bonchev–Trinajstić information content (AvgIpc) is 2.65. The number of hydrogen-bond acceptors (Lipinski definition) is 4. The molecule has 3 rings (SSSR count). The van der Waals surface area contributed by atoms with Gasteiger partial charge in [-0.2, -0.15) is 0 Å². The molecule has 1 unspecified atom stereocenters. The van der Waals surface area contributed by atoms with E-state index < -0.39 is 28.4 Å². The van der Waals surface area contributed by atoms with Crippen molar-refractivity contribution < 1.29 is 18.0 Å². The summed E-state index contributed by atoms with van der Waals surface area (Å²) in [5.74, 6) is -1.46. The van der Waals surface area contributed by atoms with Gasteiger partial charge in [-0.05, 0) is 36.1 Å². The van der Waals surface area contributed by atoms with Crippen molar-refractivity contribution in [3.8, 4) is 0 Å². The van der Waals surface area contributed by atoms with Crippen LogP contribution in [0.5, 0.6) is 0 Å². The van der Waals surface area contributed by atoms with Crippen LogP contribution in [-0.4, -0.2) is 31.1 Å². The van der Waals surface area contributed by atoms with Crippen molar-refractivity contribution in [3.63, 3.8) is 0 Å². The number of nitrogens with one attached hydrogen (secondary N) is 1. The minimum absolute atomic E-state index is 0.282. The van der Waals surface area contributed by atoms with E-state index in [-0.39, 0.29) is 11.8 Å². The lowest BCUT2D eigenvalue weighted by Gasteiger charge is -2.28. The molecule has 2 aromatic carbocycles. The van der Waals surface area contributed by atoms with E-state index in [1.807, 2.05) is 31.2 Å². The molecule has 0 fully saturated rings. The summed E-state index contributed by atoms with van der Waals surface area (Å²) in [7, 11) is -3.87. The summed E-state index contributed by atoms with van der Waals surface area (Å²) in [6, 6.07) is 14.1. The molecule has 6 nitrogen and oxygen atoms in total. The van der Waals surface area contributed by atoms with E-state index in [1.165, 1.54) is 5.56 Å². The molecule has 1 atom stereocenters. The zero-order valence-electron chi connectivity index (χ0n) is 15.3. The first kappa shape index (κ1) is 19.1. The molecule has 1 heterocycles. The van der Waals surface area contributed by atoms with Gasteiger partial charge in [-0.3, -0.25) is 9.59 Å². The maximum absolute atomic E-state index is 12.6. The number of benzene rings is 2. The molecule has 142 valence electrons. The standard InChI is InChI=1S/C20H22N2O4S/c1-3-15-8-10-16(11-9-15)14(2)21-19(23)12-22-20(24)18-7-5-4-6-17(18)13-27(22,25)26/h4-11,14H,3,12-13H2,1-2H3,(H,21,23). The van der Waals surface area contributed by atoms with Gasteiger partial charge in [-0.15, -0.1) is 0 Å². The van der Waals surface area contributed by atoms with E-state index in [2.05, 4.69) is 12.2 Å². The molecule has 0 aromatic heterocycles. The summed E-state index contributed by atoms with van der Waals surface area (Å²) in [6.45, 7) is 3.36. The fourth-order valence-electron chi connectivity index (χ4n) is 3.10. The molecule has 0 radical (unpaired) electrons. The molecule has 27 heavy (non-hydrogen) atoms. The molecule has 1 aliphatic heterocycles. The summed E-state index contributed by atoms with van der Waals surface area (Å²) in [6.07, 6.45) is 0.928. The van der Waals surface area contributed by atoms with Gasteiger partial charge in [0.05, 0.1) is 11.8 Å². The number of nitrogens with zero attached hydrogens (tertiary/aromatic N) is 1. The van der Waals surface area contributed by atoms with Gasteiger partial charge in [-0.25, -0.2) is 12.7 Å². The van der Waals surface area contributed by atoms with E-state index in [1.54, 1.807) is 24.3 Å². The van der Waals surface area contributed by atoms with Crippen molar-refractivity contribution in [3.05, 3.63) is 70.8 Å². The summed E-state index contributed by atoms with van der Waals surface area (Å²) >= 11 is 0. The van der Waals surface area contributed by atoms with Crippen LogP contribution >= 0.6 is 0 Å². The van der Waals surface area contributed by atoms with E-state index in [0.29, 0.717) is 15.4 Å². The van der Waals surface area contributed by atoms with Gasteiger partial charge in [0, 0.05) is 5.56 Å². The van der Waals surface area contributed by atoms with Crippen LogP contribution in [0.1, 0.15) is 46.9 Å². The highest BCUT2D eigenvalue weighted by atomic mass is 32.2. The Bertz CT molecular complexity index is 968. The second kappa shape index (κ2) is 7.52. The predicted molar refractivity (Wildman–Crippen MR) is 102 cm³/mol. The lowest BCUT2D eigenvalue weighted by Crippen LogP contribution is -2.47. The van der Waals surface area contributed by atoms with E-state index in [4.69, 9.17) is 0 Å². The summed E-state index contributed by atoms with van der Waals surface area (Å²) in [4.78, 5) is 25.0. The minimum atomic E-state index is -3.87. The van der Waals surface area contributed by atoms with Crippen LogP contribution in [0.15, 0.2) is 48.5 Å². The van der Waals surface area contributed by atoms with Crippen LogP contribution in [0.25, 0.3) is 0 Å². The Kier molecular flexibility index (Phi) is 5.32. The van der Waals surface area contributed by atoms with Crippen LogP contribution in [0, 0.1) is 0 Å². The number of fused-ring (bicyclic) bond motifs is 1. The SMILES string of the molecule is CCc1ccc(C(C)NC(=O)CN2C(=O)c3ccccc3CS2(=O)=O)cc1. The quantitative estimate of drug-likeness (QED) is 0.855. The van der Waals surface area contributed by atoms with Gasteiger partial charge in [0.1, 0.15) is 6.54 Å². The van der Waals surface area contributed by atoms with Crippen LogP contribution in [0.3, 0.4) is 0 Å². The lowest BCUT2D eigenvalue weighted by molar-refractivity contribution is -0.121. The number of rotatable bonds is 5. The third kappa shape index (κ3) is 4.03. The number of amides is 2. The molecule has 0 aliphatic carbocycles. The first-order chi connectivity index (χ1) is 12.8. The maximum atomic E-state index is 12.6. The second-order valence-corrected chi connectivity index (χ2v) is 8.50. The highest BCUT2D eigenvalue weighted by Gasteiger charge is 2.36. The number of hydrogen-bond donors (Lipinski definition) is 1. The smallest absolute Gasteiger partial charge is 0.268 e. The lowest BCUT2D eigenvalue weighted by atomic mass is 10.0. The highest BCUT2D eigenvalue weighted by Crippen LogP contribution is 2.24. The predicted octanol–water partition coefficient (Wildman–Crippen LogP) is 2.41. The zero-order chi connectivity index (χ0) is 19.6. The number of sulfonamides is 1. The second-order valence-electron chi connectivity index (χ2n) is 6.61. The normalized spacial score (nSPS) is 16.5. The summed E-state index contributed by atoms with van der Waals surface area (Å²) in [5, 5.41) is 2.77. The van der Waals surface area contributed by atoms with E-state index in [9.17, 15) is 18.0 Å². The average molecular weight is 386 g/mol. The van der Waals surface area contributed by atoms with Gasteiger partial charge in [-0.1, -0.05) is 49.4 Å². The van der Waals surface area contributed by atoms with Crippen LogP contribution in [0.2, 0.25) is 0 Å². The Labute approximate surface area is 159 Å². The van der Waals surface area contributed by atoms with Crippen molar-refractivity contribution in [2.24, 2.45) is 0 Å². The molecule has 2 amide bonds. The summed E-state index contributed by atoms with van der Waals surface area (Å²) < 4.78 is 25.5. The van der Waals surface area contributed by atoms with E-state index >= 15 is 0 Å². The minimum Gasteiger partial charge on any atom is -0.348 e. The van der Waals surface area contributed by atoms with Crippen molar-refractivity contribution >= 4 is 21.8 Å². The molecule has 0 saturated heterocycles. The third-order valence-electron chi connectivity index (χ3n) is 4.70.